The average Bonchev–Trinajstić information content (AvgIpc) is 3.14. The lowest BCUT2D eigenvalue weighted by atomic mass is 10.00. The smallest absolute Gasteiger partial charge is 0.329 e. The second-order valence-electron chi connectivity index (χ2n) is 8.80. The number of ether oxygens (including phenoxy) is 1. The molecule has 0 bridgehead atoms. The Morgan fingerprint density at radius 2 is 1.94 bits per heavy atom. The number of halogens is 1. The molecule has 0 unspecified atom stereocenters. The number of aromatic nitrogens is 2. The zero-order chi connectivity index (χ0) is 26.2. The molecule has 1 N–H and O–H groups in total. The fourth-order valence-corrected chi connectivity index (χ4v) is 4.66. The van der Waals surface area contributed by atoms with Gasteiger partial charge in [0.05, 0.1) is 16.3 Å². The lowest BCUT2D eigenvalue weighted by Crippen LogP contribution is -2.20. The predicted molar refractivity (Wildman–Crippen MR) is 143 cm³/mol. The first-order valence-corrected chi connectivity index (χ1v) is 12.6. The molecule has 36 heavy (non-hydrogen) atoms. The number of benzene rings is 2. The lowest BCUT2D eigenvalue weighted by Gasteiger charge is -2.28. The van der Waals surface area contributed by atoms with Crippen molar-refractivity contribution in [2.45, 2.75) is 53.5 Å². The molecule has 190 valence electrons. The van der Waals surface area contributed by atoms with Crippen LogP contribution in [0.5, 0.6) is 0 Å². The summed E-state index contributed by atoms with van der Waals surface area (Å²) in [6.45, 7) is 10.0. The number of nitriles is 1. The summed E-state index contributed by atoms with van der Waals surface area (Å²) in [5.74, 6) is -0.954. The Morgan fingerprint density at radius 3 is 2.58 bits per heavy atom. The van der Waals surface area contributed by atoms with Gasteiger partial charge in [-0.3, -0.25) is 4.68 Å². The quantitative estimate of drug-likeness (QED) is 0.283. The van der Waals surface area contributed by atoms with Gasteiger partial charge >= 0.3 is 5.97 Å². The molecule has 2 aromatic carbocycles. The van der Waals surface area contributed by atoms with Crippen molar-refractivity contribution >= 4 is 28.9 Å². The van der Waals surface area contributed by atoms with Gasteiger partial charge in [-0.2, -0.15) is 10.4 Å². The van der Waals surface area contributed by atoms with Crippen LogP contribution in [0.2, 0.25) is 5.02 Å². The van der Waals surface area contributed by atoms with Crippen molar-refractivity contribution in [3.05, 3.63) is 63.9 Å². The van der Waals surface area contributed by atoms with E-state index < -0.39 is 5.97 Å². The average molecular weight is 509 g/mol. The molecule has 0 radical (unpaired) electrons. The second-order valence-corrected chi connectivity index (χ2v) is 9.20. The maximum Gasteiger partial charge on any atom is 0.329 e. The molecule has 0 amide bonds. The van der Waals surface area contributed by atoms with E-state index >= 15 is 0 Å². The monoisotopic (exact) mass is 508 g/mol. The highest BCUT2D eigenvalue weighted by Gasteiger charge is 2.18. The molecule has 7 nitrogen and oxygen atoms in total. The molecule has 3 rings (SSSR count). The van der Waals surface area contributed by atoms with Crippen LogP contribution in [0.3, 0.4) is 0 Å². The largest absolute Gasteiger partial charge is 0.480 e. The van der Waals surface area contributed by atoms with Crippen molar-refractivity contribution in [2.75, 3.05) is 24.7 Å². The highest BCUT2D eigenvalue weighted by molar-refractivity contribution is 6.32. The number of rotatable bonds is 12. The molecule has 0 aliphatic rings. The van der Waals surface area contributed by atoms with Gasteiger partial charge in [0.15, 0.2) is 0 Å². The number of aryl methyl sites for hydroxylation is 3. The van der Waals surface area contributed by atoms with Crippen LogP contribution in [0.1, 0.15) is 48.7 Å². The van der Waals surface area contributed by atoms with Crippen molar-refractivity contribution < 1.29 is 14.6 Å². The molecule has 3 aromatic rings. The Bertz CT molecular complexity index is 1260. The number of anilines is 2. The molecule has 0 aliphatic heterocycles. The molecular formula is C28H33ClN4O3. The minimum absolute atomic E-state index is 0.269. The summed E-state index contributed by atoms with van der Waals surface area (Å²) in [6, 6.07) is 14.1. The number of carbonyl (C=O) groups is 1. The first-order chi connectivity index (χ1) is 17.3. The third kappa shape index (κ3) is 6.45. The highest BCUT2D eigenvalue weighted by Crippen LogP contribution is 2.36. The predicted octanol–water partition coefficient (Wildman–Crippen LogP) is 6.43. The van der Waals surface area contributed by atoms with Crippen molar-refractivity contribution in [3.8, 4) is 17.2 Å². The lowest BCUT2D eigenvalue weighted by molar-refractivity contribution is -0.142. The van der Waals surface area contributed by atoms with Gasteiger partial charge in [0.25, 0.3) is 0 Å². The van der Waals surface area contributed by atoms with Crippen molar-refractivity contribution in [1.29, 1.82) is 5.26 Å². The third-order valence-corrected chi connectivity index (χ3v) is 6.56. The fraction of sp³-hybridized carbons (Fsp3) is 0.393. The molecule has 1 aromatic heterocycles. The van der Waals surface area contributed by atoms with Crippen LogP contribution >= 0.6 is 11.6 Å². The fourth-order valence-electron chi connectivity index (χ4n) is 4.44. The molecule has 8 heteroatoms. The van der Waals surface area contributed by atoms with E-state index in [4.69, 9.17) is 26.5 Å². The molecule has 0 atom stereocenters. The van der Waals surface area contributed by atoms with Crippen LogP contribution in [0.15, 0.2) is 36.4 Å². The summed E-state index contributed by atoms with van der Waals surface area (Å²) < 4.78 is 7.18. The van der Waals surface area contributed by atoms with Gasteiger partial charge < -0.3 is 14.7 Å². The number of aliphatic carboxylic acids is 1. The number of nitrogens with zero attached hydrogens (tertiary/aromatic N) is 4. The number of unbranched alkanes of at least 4 members (excludes halogenated alkanes) is 2. The molecule has 0 aliphatic carbocycles. The SMILES string of the molecule is CCn1nc(C)c(-c2ccc(C)c(N(CCCCCOCC(=O)O)c3ccc(C#N)c(Cl)c3)c2)c1C. The summed E-state index contributed by atoms with van der Waals surface area (Å²) in [7, 11) is 0. The minimum atomic E-state index is -0.954. The number of hydrogen-bond acceptors (Lipinski definition) is 5. The normalized spacial score (nSPS) is 10.9. The van der Waals surface area contributed by atoms with E-state index in [1.807, 2.05) is 23.7 Å². The second kappa shape index (κ2) is 12.6. The van der Waals surface area contributed by atoms with Gasteiger partial charge in [-0.05, 0) is 82.3 Å². The Kier molecular flexibility index (Phi) is 9.51. The summed E-state index contributed by atoms with van der Waals surface area (Å²) in [4.78, 5) is 12.9. The summed E-state index contributed by atoms with van der Waals surface area (Å²) >= 11 is 6.41. The number of hydrogen-bond donors (Lipinski definition) is 1. The van der Waals surface area contributed by atoms with Crippen LogP contribution < -0.4 is 4.90 Å². The maximum atomic E-state index is 10.6. The Hall–Kier alpha value is -3.34. The molecular weight excluding hydrogens is 476 g/mol. The molecule has 0 spiro atoms. The van der Waals surface area contributed by atoms with Gasteiger partial charge in [-0.1, -0.05) is 23.7 Å². The van der Waals surface area contributed by atoms with Gasteiger partial charge in [-0.15, -0.1) is 0 Å². The van der Waals surface area contributed by atoms with Gasteiger partial charge in [0.2, 0.25) is 0 Å². The van der Waals surface area contributed by atoms with E-state index in [9.17, 15) is 10.1 Å². The summed E-state index contributed by atoms with van der Waals surface area (Å²) in [6.07, 6.45) is 2.55. The number of carboxylic acid groups (broad SMARTS) is 1. The Balaban J connectivity index is 1.92. The standard InChI is InChI=1S/C28H33ClN4O3/c1-5-33-21(4)28(20(3)31-33)22-10-9-19(2)26(15-22)32(13-7-6-8-14-36-18-27(34)35)24-12-11-23(17-30)25(29)16-24/h9-12,15-16H,5-8,13-14,18H2,1-4H3,(H,34,35). The third-order valence-electron chi connectivity index (χ3n) is 6.25. The maximum absolute atomic E-state index is 10.6. The van der Waals surface area contributed by atoms with E-state index in [1.165, 1.54) is 0 Å². The van der Waals surface area contributed by atoms with E-state index in [0.717, 1.165) is 71.8 Å². The minimum Gasteiger partial charge on any atom is -0.480 e. The van der Waals surface area contributed by atoms with Crippen molar-refractivity contribution in [1.82, 2.24) is 9.78 Å². The highest BCUT2D eigenvalue weighted by atomic mass is 35.5. The van der Waals surface area contributed by atoms with E-state index in [0.29, 0.717) is 17.2 Å². The van der Waals surface area contributed by atoms with Crippen LogP contribution in [0.4, 0.5) is 11.4 Å². The van der Waals surface area contributed by atoms with Crippen molar-refractivity contribution in [3.63, 3.8) is 0 Å². The van der Waals surface area contributed by atoms with Crippen LogP contribution in [-0.2, 0) is 16.1 Å². The zero-order valence-electron chi connectivity index (χ0n) is 21.3. The molecule has 0 saturated carbocycles. The molecule has 0 saturated heterocycles. The van der Waals surface area contributed by atoms with E-state index in [-0.39, 0.29) is 6.61 Å². The van der Waals surface area contributed by atoms with Crippen LogP contribution in [0.25, 0.3) is 11.1 Å². The summed E-state index contributed by atoms with van der Waals surface area (Å²) in [5.41, 5.74) is 7.95. The Morgan fingerprint density at radius 1 is 1.17 bits per heavy atom. The first-order valence-electron chi connectivity index (χ1n) is 12.2. The summed E-state index contributed by atoms with van der Waals surface area (Å²) in [5, 5.41) is 23.1. The first kappa shape index (κ1) is 27.3. The number of carboxylic acids is 1. The van der Waals surface area contributed by atoms with E-state index in [1.54, 1.807) is 6.07 Å². The Labute approximate surface area is 217 Å². The van der Waals surface area contributed by atoms with Gasteiger partial charge in [0, 0.05) is 42.3 Å². The van der Waals surface area contributed by atoms with Gasteiger partial charge in [0.1, 0.15) is 12.7 Å². The van der Waals surface area contributed by atoms with Crippen LogP contribution in [0, 0.1) is 32.1 Å². The molecule has 0 fully saturated rings. The van der Waals surface area contributed by atoms with E-state index in [2.05, 4.69) is 49.9 Å². The van der Waals surface area contributed by atoms with Crippen molar-refractivity contribution in [2.24, 2.45) is 0 Å². The van der Waals surface area contributed by atoms with Gasteiger partial charge in [-0.25, -0.2) is 4.79 Å². The molecule has 1 heterocycles. The topological polar surface area (TPSA) is 91.4 Å². The van der Waals surface area contributed by atoms with Crippen LogP contribution in [-0.4, -0.2) is 40.6 Å². The zero-order valence-corrected chi connectivity index (χ0v) is 22.1.